The van der Waals surface area contributed by atoms with Gasteiger partial charge in [-0.15, -0.1) is 0 Å². The van der Waals surface area contributed by atoms with Crippen molar-refractivity contribution in [3.8, 4) is 5.75 Å². The fraction of sp³-hybridized carbons (Fsp3) is 0.304. The predicted octanol–water partition coefficient (Wildman–Crippen LogP) is 4.01. The number of benzene rings is 2. The van der Waals surface area contributed by atoms with Crippen molar-refractivity contribution in [3.63, 3.8) is 0 Å². The molecule has 0 fully saturated rings. The highest BCUT2D eigenvalue weighted by atomic mass is 16.5. The van der Waals surface area contributed by atoms with Gasteiger partial charge in [0.2, 0.25) is 5.91 Å². The Balaban J connectivity index is 1.67. The van der Waals surface area contributed by atoms with Crippen LogP contribution in [0.15, 0.2) is 59.8 Å². The van der Waals surface area contributed by atoms with Crippen LogP contribution in [-0.2, 0) is 9.59 Å². The molecule has 4 rings (SSSR count). The molecule has 0 unspecified atom stereocenters. The van der Waals surface area contributed by atoms with Crippen LogP contribution in [0, 0.1) is 6.92 Å². The highest BCUT2D eigenvalue weighted by molar-refractivity contribution is 6.02. The van der Waals surface area contributed by atoms with E-state index in [1.165, 1.54) is 5.56 Å². The second-order valence-electron chi connectivity index (χ2n) is 7.41. The number of aryl methyl sites for hydroxylation is 1. The Bertz CT molecular complexity index is 910. The van der Waals surface area contributed by atoms with E-state index in [2.05, 4.69) is 5.32 Å². The van der Waals surface area contributed by atoms with Crippen LogP contribution in [-0.4, -0.2) is 18.8 Å². The van der Waals surface area contributed by atoms with E-state index in [1.54, 1.807) is 7.11 Å². The molecule has 1 aliphatic carbocycles. The lowest BCUT2D eigenvalue weighted by Gasteiger charge is -2.34. The molecule has 0 bridgehead atoms. The third-order valence-electron chi connectivity index (χ3n) is 5.60. The summed E-state index contributed by atoms with van der Waals surface area (Å²) in [7, 11) is 1.64. The van der Waals surface area contributed by atoms with Crippen LogP contribution in [0.4, 0.5) is 0 Å². The van der Waals surface area contributed by atoms with E-state index in [0.29, 0.717) is 19.3 Å². The molecule has 0 saturated carbocycles. The van der Waals surface area contributed by atoms with Crippen molar-refractivity contribution in [1.29, 1.82) is 0 Å². The third-order valence-corrected chi connectivity index (χ3v) is 5.60. The maximum Gasteiger partial charge on any atom is 0.225 e. The monoisotopic (exact) mass is 361 g/mol. The molecule has 4 nitrogen and oxygen atoms in total. The summed E-state index contributed by atoms with van der Waals surface area (Å²) in [5, 5.41) is 2.98. The summed E-state index contributed by atoms with van der Waals surface area (Å²) in [6.45, 7) is 2.03. The average Bonchev–Trinajstić information content (AvgIpc) is 2.67. The Kier molecular flexibility index (Phi) is 4.56. The first-order valence-electron chi connectivity index (χ1n) is 9.31. The van der Waals surface area contributed by atoms with E-state index in [0.717, 1.165) is 28.1 Å². The summed E-state index contributed by atoms with van der Waals surface area (Å²) in [5.74, 6) is 0.870. The normalized spacial score (nSPS) is 22.3. The number of rotatable bonds is 3. The minimum atomic E-state index is -0.140. The van der Waals surface area contributed by atoms with E-state index in [1.807, 2.05) is 55.5 Å². The lowest BCUT2D eigenvalue weighted by atomic mass is 9.73. The fourth-order valence-electron chi connectivity index (χ4n) is 4.16. The highest BCUT2D eigenvalue weighted by Gasteiger charge is 2.38. The van der Waals surface area contributed by atoms with E-state index in [9.17, 15) is 9.59 Å². The number of Topliss-reactive ketones (excluding diaryl/α,β-unsaturated/α-hetero) is 1. The third kappa shape index (κ3) is 3.39. The number of carbonyl (C=O) groups excluding carboxylic acids is 2. The van der Waals surface area contributed by atoms with Crippen LogP contribution in [0.25, 0.3) is 0 Å². The van der Waals surface area contributed by atoms with Crippen molar-refractivity contribution in [3.05, 3.63) is 76.5 Å². The summed E-state index contributed by atoms with van der Waals surface area (Å²) in [4.78, 5) is 25.4. The number of amides is 1. The Morgan fingerprint density at radius 1 is 0.889 bits per heavy atom. The molecular weight excluding hydrogens is 338 g/mol. The quantitative estimate of drug-likeness (QED) is 0.899. The van der Waals surface area contributed by atoms with Crippen LogP contribution >= 0.6 is 0 Å². The maximum absolute atomic E-state index is 13.1. The molecule has 2 aromatic carbocycles. The molecule has 2 aliphatic rings. The number of hydrogen-bond acceptors (Lipinski definition) is 3. The van der Waals surface area contributed by atoms with Crippen molar-refractivity contribution in [2.24, 2.45) is 0 Å². The fourth-order valence-corrected chi connectivity index (χ4v) is 4.16. The van der Waals surface area contributed by atoms with Crippen molar-refractivity contribution in [1.82, 2.24) is 5.32 Å². The summed E-state index contributed by atoms with van der Waals surface area (Å²) >= 11 is 0. The van der Waals surface area contributed by atoms with Gasteiger partial charge in [-0.25, -0.2) is 0 Å². The molecule has 1 N–H and O–H groups in total. The molecule has 2 atom stereocenters. The van der Waals surface area contributed by atoms with E-state index in [4.69, 9.17) is 4.74 Å². The Morgan fingerprint density at radius 2 is 1.56 bits per heavy atom. The van der Waals surface area contributed by atoms with Crippen LogP contribution in [0.5, 0.6) is 5.75 Å². The van der Waals surface area contributed by atoms with Gasteiger partial charge in [-0.3, -0.25) is 9.59 Å². The van der Waals surface area contributed by atoms with E-state index in [-0.39, 0.29) is 23.5 Å². The first-order chi connectivity index (χ1) is 13.0. The van der Waals surface area contributed by atoms with Gasteiger partial charge in [0.05, 0.1) is 7.11 Å². The van der Waals surface area contributed by atoms with Crippen LogP contribution in [0.3, 0.4) is 0 Å². The van der Waals surface area contributed by atoms with Crippen LogP contribution in [0.1, 0.15) is 47.8 Å². The summed E-state index contributed by atoms with van der Waals surface area (Å²) in [6, 6.07) is 16.0. The standard InChI is InChI=1S/C23H23NO3/c1-14-3-5-16(6-4-14)19-13-22(26)24-20-11-17(12-21(25)23(19)20)15-7-9-18(27-2)10-8-15/h3-10,17,19H,11-13H2,1-2H3,(H,24,26)/t17-,19-/m0/s1. The smallest absolute Gasteiger partial charge is 0.225 e. The molecule has 2 aromatic rings. The lowest BCUT2D eigenvalue weighted by molar-refractivity contribution is -0.122. The van der Waals surface area contributed by atoms with Gasteiger partial charge in [0.1, 0.15) is 5.75 Å². The minimum absolute atomic E-state index is 0.0116. The molecule has 0 saturated heterocycles. The summed E-state index contributed by atoms with van der Waals surface area (Å²) in [5.41, 5.74) is 4.90. The topological polar surface area (TPSA) is 55.4 Å². The zero-order valence-corrected chi connectivity index (χ0v) is 15.6. The number of hydrogen-bond donors (Lipinski definition) is 1. The van der Waals surface area contributed by atoms with Crippen molar-refractivity contribution < 1.29 is 14.3 Å². The molecule has 0 aromatic heterocycles. The zero-order chi connectivity index (χ0) is 19.0. The molecule has 0 radical (unpaired) electrons. The van der Waals surface area contributed by atoms with Gasteiger partial charge in [-0.05, 0) is 42.5 Å². The molecule has 1 aliphatic heterocycles. The molecule has 4 heteroatoms. The largest absolute Gasteiger partial charge is 0.497 e. The first kappa shape index (κ1) is 17.5. The molecular formula is C23H23NO3. The average molecular weight is 361 g/mol. The first-order valence-corrected chi connectivity index (χ1v) is 9.31. The van der Waals surface area contributed by atoms with E-state index >= 15 is 0 Å². The van der Waals surface area contributed by atoms with Gasteiger partial charge in [0, 0.05) is 30.0 Å². The summed E-state index contributed by atoms with van der Waals surface area (Å²) < 4.78 is 5.22. The molecule has 0 spiro atoms. The molecule has 138 valence electrons. The molecule has 27 heavy (non-hydrogen) atoms. The second kappa shape index (κ2) is 7.03. The van der Waals surface area contributed by atoms with Crippen LogP contribution < -0.4 is 10.1 Å². The van der Waals surface area contributed by atoms with Crippen LogP contribution in [0.2, 0.25) is 0 Å². The Labute approximate surface area is 159 Å². The van der Waals surface area contributed by atoms with Gasteiger partial charge in [0.15, 0.2) is 5.78 Å². The van der Waals surface area contributed by atoms with Gasteiger partial charge in [-0.2, -0.15) is 0 Å². The van der Waals surface area contributed by atoms with Crippen molar-refractivity contribution >= 4 is 11.7 Å². The summed E-state index contributed by atoms with van der Waals surface area (Å²) in [6.07, 6.45) is 1.49. The number of methoxy groups -OCH3 is 1. The van der Waals surface area contributed by atoms with Gasteiger partial charge < -0.3 is 10.1 Å². The van der Waals surface area contributed by atoms with Gasteiger partial charge >= 0.3 is 0 Å². The second-order valence-corrected chi connectivity index (χ2v) is 7.41. The van der Waals surface area contributed by atoms with Crippen molar-refractivity contribution in [2.45, 2.75) is 38.0 Å². The SMILES string of the molecule is COc1ccc([C@@H]2CC(=O)C3=C(C2)NC(=O)C[C@H]3c2ccc(C)cc2)cc1. The highest BCUT2D eigenvalue weighted by Crippen LogP contribution is 2.42. The Hall–Kier alpha value is -2.88. The number of ketones is 1. The molecule has 1 heterocycles. The van der Waals surface area contributed by atoms with E-state index < -0.39 is 0 Å². The number of allylic oxidation sites excluding steroid dienone is 2. The maximum atomic E-state index is 13.1. The minimum Gasteiger partial charge on any atom is -0.497 e. The predicted molar refractivity (Wildman–Crippen MR) is 104 cm³/mol. The number of carbonyl (C=O) groups is 2. The van der Waals surface area contributed by atoms with Crippen molar-refractivity contribution in [2.75, 3.05) is 7.11 Å². The Morgan fingerprint density at radius 3 is 2.22 bits per heavy atom. The van der Waals surface area contributed by atoms with Gasteiger partial charge in [-0.1, -0.05) is 42.0 Å². The zero-order valence-electron chi connectivity index (χ0n) is 15.6. The number of ether oxygens (including phenoxy) is 1. The lowest BCUT2D eigenvalue weighted by Crippen LogP contribution is -2.38. The number of nitrogens with one attached hydrogen (secondary N) is 1. The molecule has 1 amide bonds. The van der Waals surface area contributed by atoms with Gasteiger partial charge in [0.25, 0.3) is 0 Å².